The standard InChI is InChI=1S/C16H24N2O3/c1-4-12-9-18(16(20)10(2)3)13-7-11(14(19)8-17)5-6-15(13)21-12/h5-7,10,12,14,19H,4,8-9,17H2,1-3H3. The number of aliphatic hydroxyl groups is 1. The van der Waals surface area contributed by atoms with Gasteiger partial charge in [0.1, 0.15) is 11.9 Å². The van der Waals surface area contributed by atoms with E-state index in [1.165, 1.54) is 0 Å². The second kappa shape index (κ2) is 6.45. The molecule has 2 rings (SSSR count). The number of hydrogen-bond donors (Lipinski definition) is 2. The van der Waals surface area contributed by atoms with Crippen molar-refractivity contribution < 1.29 is 14.6 Å². The number of ether oxygens (including phenoxy) is 1. The zero-order chi connectivity index (χ0) is 15.6. The van der Waals surface area contributed by atoms with E-state index in [1.54, 1.807) is 17.0 Å². The lowest BCUT2D eigenvalue weighted by Gasteiger charge is -2.36. The van der Waals surface area contributed by atoms with Crippen LogP contribution < -0.4 is 15.4 Å². The van der Waals surface area contributed by atoms with Gasteiger partial charge in [-0.1, -0.05) is 26.8 Å². The van der Waals surface area contributed by atoms with Crippen LogP contribution in [0.5, 0.6) is 5.75 Å². The highest BCUT2D eigenvalue weighted by atomic mass is 16.5. The van der Waals surface area contributed by atoms with Crippen molar-refractivity contribution in [1.82, 2.24) is 0 Å². The summed E-state index contributed by atoms with van der Waals surface area (Å²) in [5, 5.41) is 9.89. The first-order valence-corrected chi connectivity index (χ1v) is 7.48. The van der Waals surface area contributed by atoms with Crippen LogP contribution in [0.4, 0.5) is 5.69 Å². The van der Waals surface area contributed by atoms with Crippen LogP contribution in [-0.4, -0.2) is 30.2 Å². The molecule has 5 nitrogen and oxygen atoms in total. The summed E-state index contributed by atoms with van der Waals surface area (Å²) in [5.74, 6) is 0.670. The molecule has 2 unspecified atom stereocenters. The number of rotatable bonds is 4. The molecule has 21 heavy (non-hydrogen) atoms. The number of benzene rings is 1. The minimum absolute atomic E-state index is 0.00508. The lowest BCUT2D eigenvalue weighted by molar-refractivity contribution is -0.121. The average molecular weight is 292 g/mol. The van der Waals surface area contributed by atoms with Gasteiger partial charge in [0.25, 0.3) is 0 Å². The summed E-state index contributed by atoms with van der Waals surface area (Å²) in [5.41, 5.74) is 6.93. The maximum absolute atomic E-state index is 12.5. The summed E-state index contributed by atoms with van der Waals surface area (Å²) >= 11 is 0. The van der Waals surface area contributed by atoms with Crippen LogP contribution >= 0.6 is 0 Å². The number of aliphatic hydroxyl groups excluding tert-OH is 1. The molecule has 0 radical (unpaired) electrons. The van der Waals surface area contributed by atoms with Gasteiger partial charge in [0.2, 0.25) is 5.91 Å². The minimum Gasteiger partial charge on any atom is -0.486 e. The molecule has 0 saturated heterocycles. The topological polar surface area (TPSA) is 75.8 Å². The van der Waals surface area contributed by atoms with E-state index in [0.29, 0.717) is 17.9 Å². The number of anilines is 1. The summed E-state index contributed by atoms with van der Waals surface area (Å²) in [6, 6.07) is 5.41. The van der Waals surface area contributed by atoms with E-state index in [4.69, 9.17) is 10.5 Å². The molecule has 0 saturated carbocycles. The lowest BCUT2D eigenvalue weighted by atomic mass is 10.0. The monoisotopic (exact) mass is 292 g/mol. The van der Waals surface area contributed by atoms with Crippen LogP contribution in [-0.2, 0) is 4.79 Å². The molecule has 1 aromatic rings. The Morgan fingerprint density at radius 1 is 1.52 bits per heavy atom. The van der Waals surface area contributed by atoms with Gasteiger partial charge in [-0.25, -0.2) is 0 Å². The summed E-state index contributed by atoms with van der Waals surface area (Å²) in [6.07, 6.45) is 0.120. The van der Waals surface area contributed by atoms with Gasteiger partial charge in [0, 0.05) is 12.5 Å². The van der Waals surface area contributed by atoms with Crippen molar-refractivity contribution in [3.63, 3.8) is 0 Å². The normalized spacial score (nSPS) is 19.1. The van der Waals surface area contributed by atoms with Crippen LogP contribution in [0, 0.1) is 5.92 Å². The van der Waals surface area contributed by atoms with Gasteiger partial charge in [-0.15, -0.1) is 0 Å². The number of carbonyl (C=O) groups is 1. The third kappa shape index (κ3) is 3.19. The first-order chi connectivity index (χ1) is 9.97. The van der Waals surface area contributed by atoms with E-state index in [9.17, 15) is 9.90 Å². The molecular formula is C16H24N2O3. The molecule has 1 aliphatic heterocycles. The number of nitrogens with zero attached hydrogens (tertiary/aromatic N) is 1. The maximum Gasteiger partial charge on any atom is 0.229 e. The summed E-state index contributed by atoms with van der Waals surface area (Å²) in [4.78, 5) is 14.2. The van der Waals surface area contributed by atoms with Crippen LogP contribution in [0.2, 0.25) is 0 Å². The van der Waals surface area contributed by atoms with Crippen LogP contribution in [0.3, 0.4) is 0 Å². The Bertz CT molecular complexity index is 516. The molecule has 0 aliphatic carbocycles. The maximum atomic E-state index is 12.5. The van der Waals surface area contributed by atoms with E-state index in [2.05, 4.69) is 0 Å². The molecule has 3 N–H and O–H groups in total. The molecule has 0 bridgehead atoms. The molecule has 5 heteroatoms. The summed E-state index contributed by atoms with van der Waals surface area (Å²) in [7, 11) is 0. The molecule has 1 aliphatic rings. The van der Waals surface area contributed by atoms with Crippen molar-refractivity contribution in [2.75, 3.05) is 18.0 Å². The van der Waals surface area contributed by atoms with Crippen molar-refractivity contribution in [3.8, 4) is 5.75 Å². The Balaban J connectivity index is 2.42. The van der Waals surface area contributed by atoms with Crippen molar-refractivity contribution in [3.05, 3.63) is 23.8 Å². The Labute approximate surface area is 125 Å². The fourth-order valence-corrected chi connectivity index (χ4v) is 2.44. The van der Waals surface area contributed by atoms with E-state index in [1.807, 2.05) is 26.8 Å². The van der Waals surface area contributed by atoms with Crippen LogP contribution in [0.15, 0.2) is 18.2 Å². The van der Waals surface area contributed by atoms with Crippen molar-refractivity contribution >= 4 is 11.6 Å². The molecule has 0 fully saturated rings. The highest BCUT2D eigenvalue weighted by Crippen LogP contribution is 2.36. The van der Waals surface area contributed by atoms with Crippen molar-refractivity contribution in [1.29, 1.82) is 0 Å². The largest absolute Gasteiger partial charge is 0.486 e. The van der Waals surface area contributed by atoms with Gasteiger partial charge in [-0.3, -0.25) is 4.79 Å². The van der Waals surface area contributed by atoms with Crippen LogP contribution in [0.1, 0.15) is 38.9 Å². The number of nitrogens with two attached hydrogens (primary N) is 1. The second-order valence-electron chi connectivity index (χ2n) is 5.73. The predicted octanol–water partition coefficient (Wildman–Crippen LogP) is 1.84. The fourth-order valence-electron chi connectivity index (χ4n) is 2.44. The number of hydrogen-bond acceptors (Lipinski definition) is 4. The van der Waals surface area contributed by atoms with E-state index in [-0.39, 0.29) is 24.5 Å². The highest BCUT2D eigenvalue weighted by Gasteiger charge is 2.30. The first kappa shape index (κ1) is 15.8. The van der Waals surface area contributed by atoms with Gasteiger partial charge >= 0.3 is 0 Å². The molecule has 1 aromatic carbocycles. The summed E-state index contributed by atoms with van der Waals surface area (Å²) < 4.78 is 5.90. The molecule has 1 amide bonds. The number of amides is 1. The minimum atomic E-state index is -0.727. The Morgan fingerprint density at radius 2 is 2.24 bits per heavy atom. The highest BCUT2D eigenvalue weighted by molar-refractivity contribution is 5.96. The number of fused-ring (bicyclic) bond motifs is 1. The third-order valence-electron chi connectivity index (χ3n) is 3.78. The van der Waals surface area contributed by atoms with Gasteiger partial charge < -0.3 is 20.5 Å². The first-order valence-electron chi connectivity index (χ1n) is 7.48. The van der Waals surface area contributed by atoms with E-state index >= 15 is 0 Å². The third-order valence-corrected chi connectivity index (χ3v) is 3.78. The van der Waals surface area contributed by atoms with Gasteiger partial charge in [-0.05, 0) is 24.1 Å². The Hall–Kier alpha value is -1.59. The Morgan fingerprint density at radius 3 is 2.81 bits per heavy atom. The van der Waals surface area contributed by atoms with Crippen molar-refractivity contribution in [2.24, 2.45) is 11.7 Å². The quantitative estimate of drug-likeness (QED) is 0.888. The molecule has 116 valence electrons. The molecular weight excluding hydrogens is 268 g/mol. The number of carbonyl (C=O) groups excluding carboxylic acids is 1. The van der Waals surface area contributed by atoms with Crippen LogP contribution in [0.25, 0.3) is 0 Å². The predicted molar refractivity (Wildman–Crippen MR) is 82.4 cm³/mol. The Kier molecular flexibility index (Phi) is 4.85. The van der Waals surface area contributed by atoms with E-state index < -0.39 is 6.10 Å². The molecule has 2 atom stereocenters. The SMILES string of the molecule is CCC1CN(C(=O)C(C)C)c2cc(C(O)CN)ccc2O1. The smallest absolute Gasteiger partial charge is 0.229 e. The lowest BCUT2D eigenvalue weighted by Crippen LogP contribution is -2.45. The fraction of sp³-hybridized carbons (Fsp3) is 0.562. The zero-order valence-corrected chi connectivity index (χ0v) is 12.9. The van der Waals surface area contributed by atoms with Gasteiger partial charge in [0.05, 0.1) is 18.3 Å². The van der Waals surface area contributed by atoms with Gasteiger partial charge in [0.15, 0.2) is 0 Å². The second-order valence-corrected chi connectivity index (χ2v) is 5.73. The average Bonchev–Trinajstić information content (AvgIpc) is 2.51. The van der Waals surface area contributed by atoms with E-state index in [0.717, 1.165) is 12.1 Å². The summed E-state index contributed by atoms with van der Waals surface area (Å²) in [6.45, 7) is 6.51. The van der Waals surface area contributed by atoms with Crippen molar-refractivity contribution in [2.45, 2.75) is 39.4 Å². The van der Waals surface area contributed by atoms with Gasteiger partial charge in [-0.2, -0.15) is 0 Å². The molecule has 1 heterocycles. The zero-order valence-electron chi connectivity index (χ0n) is 12.9. The molecule has 0 aromatic heterocycles. The molecule has 0 spiro atoms.